The van der Waals surface area contributed by atoms with Crippen molar-refractivity contribution in [3.8, 4) is 11.8 Å². The maximum atomic E-state index is 12.2. The largest absolute Gasteiger partial charge is 0.471 e. The van der Waals surface area contributed by atoms with Gasteiger partial charge in [0.25, 0.3) is 16.9 Å². The number of hydrogen-bond donors (Lipinski definition) is 10. The number of aliphatic hydroxyl groups excluding tert-OH is 6. The second-order valence-electron chi connectivity index (χ2n) is 20.1. The Morgan fingerprint density at radius 2 is 1.13 bits per heavy atom. The number of nitro groups is 2. The number of aliphatic hydroxyl groups is 6. The monoisotopic (exact) mass is 1220 g/mol. The van der Waals surface area contributed by atoms with E-state index in [1.54, 1.807) is 45.3 Å². The molecule has 3 aliphatic heterocycles. The van der Waals surface area contributed by atoms with Gasteiger partial charge in [-0.1, -0.05) is 17.9 Å². The zero-order valence-corrected chi connectivity index (χ0v) is 46.0. The number of nitro benzene ring substituents is 2. The van der Waals surface area contributed by atoms with Crippen molar-refractivity contribution in [3.05, 3.63) is 127 Å². The summed E-state index contributed by atoms with van der Waals surface area (Å²) in [5.74, 6) is 3.39. The van der Waals surface area contributed by atoms with Gasteiger partial charge in [0.15, 0.2) is 45.1 Å². The third kappa shape index (κ3) is 13.7. The first-order valence-electron chi connectivity index (χ1n) is 26.6. The number of aromatic nitrogens is 12. The van der Waals surface area contributed by atoms with Crippen molar-refractivity contribution in [2.45, 2.75) is 114 Å². The summed E-state index contributed by atoms with van der Waals surface area (Å²) in [5.41, 5.74) is 3.53. The Morgan fingerprint density at radius 3 is 1.56 bits per heavy atom. The fraction of sp³-hybridized carbons (Fsp3) is 0.423. The Morgan fingerprint density at radius 1 is 0.690 bits per heavy atom. The molecule has 6 aromatic heterocycles. The highest BCUT2D eigenvalue weighted by Gasteiger charge is 2.40. The number of fused-ring (bicyclic) bond motifs is 3. The van der Waals surface area contributed by atoms with Crippen molar-refractivity contribution in [2.24, 2.45) is 0 Å². The standard InChI is InChI=1S/C23H22F3N7O6.C19H22N6O5.C10H12N4O4/c1-12(14-5-4-13(7-15(14)33(37)38)3-2-6-27-22(36)23(24,25)26)31-20-19-21(29-10-28-20)32(11-30-19)18-8-16(35)17(9-34)39-18;1-10-3-4-12(13(5-10)25(28)29)11(2)23-18-17-19(21-8-20-18)24(9-22-17)16-6-14(27)15(7-26)30-16;15-2-6-5(16)1-7(18-6)14-4-13-8-9(14)11-3-12-10(8)17/h4-5,7,10-12,16-18,34-35H,6,8-9H2,1H3,(H,27,36)(H,28,29,31);3-5,8-9,11,14-16,26-27H,6-7H2,1-2H3,(H,20,21,23);3-7,15-16H,1-2H2,(H,11,12,17)/t12?,16?,17-,18-;11?,14?,15-,16-;5?,6-,7-/m111/s1. The summed E-state index contributed by atoms with van der Waals surface area (Å²) >= 11 is 0. The number of amides is 1. The van der Waals surface area contributed by atoms with E-state index in [1.165, 1.54) is 55.9 Å². The number of nitrogens with zero attached hydrogens (tertiary/aromatic N) is 13. The SMILES string of the molecule is CC(Nc1ncnc2c1ncn2[C@H]1CC(O)[C@@H](CO)O1)c1ccc(C#CCNC(=O)C(F)(F)F)cc1[N+](=O)[O-].Cc1ccc(C(C)Nc2ncnc3c2ncn3[C@H]2CC(O)[C@@H](CO)O2)c([N+](=O)[O-])c1.O=c1[nH]cnc2c1ncn2[C@H]1CC(O)[C@@H](CO)O1. The summed E-state index contributed by atoms with van der Waals surface area (Å²) < 4.78 is 58.4. The molecule has 35 heteroatoms. The van der Waals surface area contributed by atoms with Crippen LogP contribution in [0.4, 0.5) is 36.2 Å². The highest BCUT2D eigenvalue weighted by Crippen LogP contribution is 2.36. The van der Waals surface area contributed by atoms with Gasteiger partial charge >= 0.3 is 12.1 Å². The molecule has 3 saturated heterocycles. The first kappa shape index (κ1) is 62.3. The van der Waals surface area contributed by atoms with Crippen molar-refractivity contribution in [1.29, 1.82) is 0 Å². The van der Waals surface area contributed by atoms with Crippen LogP contribution in [0.5, 0.6) is 0 Å². The number of anilines is 2. The summed E-state index contributed by atoms with van der Waals surface area (Å²) in [6, 6.07) is 8.13. The number of alkyl halides is 3. The fourth-order valence-electron chi connectivity index (χ4n) is 9.82. The van der Waals surface area contributed by atoms with Crippen LogP contribution in [0, 0.1) is 39.0 Å². The first-order valence-corrected chi connectivity index (χ1v) is 26.6. The first-order chi connectivity index (χ1) is 41.6. The quantitative estimate of drug-likeness (QED) is 0.0399. The van der Waals surface area contributed by atoms with E-state index in [2.05, 4.69) is 67.3 Å². The van der Waals surface area contributed by atoms with Gasteiger partial charge in [-0.15, -0.1) is 0 Å². The third-order valence-electron chi connectivity index (χ3n) is 14.2. The van der Waals surface area contributed by atoms with Gasteiger partial charge in [0.2, 0.25) is 0 Å². The number of imidazole rings is 3. The fourth-order valence-corrected chi connectivity index (χ4v) is 9.82. The number of halogens is 3. The predicted molar refractivity (Wildman–Crippen MR) is 295 cm³/mol. The molecule has 0 saturated carbocycles. The van der Waals surface area contributed by atoms with Gasteiger partial charge in [-0.05, 0) is 44.5 Å². The van der Waals surface area contributed by atoms with E-state index < -0.39 is 95.9 Å². The molecule has 8 aromatic rings. The second kappa shape index (κ2) is 26.6. The highest BCUT2D eigenvalue weighted by atomic mass is 19.4. The van der Waals surface area contributed by atoms with Crippen LogP contribution in [0.1, 0.15) is 86.1 Å². The number of rotatable bonds is 15. The van der Waals surface area contributed by atoms with Gasteiger partial charge in [-0.2, -0.15) is 13.2 Å². The number of nitrogens with one attached hydrogen (secondary N) is 4. The van der Waals surface area contributed by atoms with Crippen molar-refractivity contribution in [2.75, 3.05) is 37.0 Å². The maximum absolute atomic E-state index is 12.2. The van der Waals surface area contributed by atoms with Crippen molar-refractivity contribution in [3.63, 3.8) is 0 Å². The molecule has 87 heavy (non-hydrogen) atoms. The average Bonchev–Trinajstić information content (AvgIpc) is 1.95. The molecule has 460 valence electrons. The minimum Gasteiger partial charge on any atom is -0.394 e. The van der Waals surface area contributed by atoms with Gasteiger partial charge in [-0.3, -0.25) is 43.5 Å². The van der Waals surface area contributed by atoms with E-state index in [4.69, 9.17) is 19.3 Å². The van der Waals surface area contributed by atoms with Crippen molar-refractivity contribution in [1.82, 2.24) is 63.9 Å². The van der Waals surface area contributed by atoms with Crippen LogP contribution in [0.25, 0.3) is 33.5 Å². The lowest BCUT2D eigenvalue weighted by Crippen LogP contribution is -2.36. The van der Waals surface area contributed by atoms with Gasteiger partial charge in [0.05, 0.1) is 103 Å². The smallest absolute Gasteiger partial charge is 0.394 e. The lowest BCUT2D eigenvalue weighted by molar-refractivity contribution is -0.385. The van der Waals surface area contributed by atoms with Gasteiger partial charge in [0, 0.05) is 37.0 Å². The minimum absolute atomic E-state index is 0.0363. The summed E-state index contributed by atoms with van der Waals surface area (Å²) in [4.78, 5) is 80.6. The second-order valence-corrected chi connectivity index (χ2v) is 20.1. The molecular weight excluding hydrogens is 1160 g/mol. The molecule has 32 nitrogen and oxygen atoms in total. The van der Waals surface area contributed by atoms with Crippen LogP contribution in [-0.2, 0) is 19.0 Å². The number of carbonyl (C=O) groups is 1. The Balaban J connectivity index is 0.000000166. The van der Waals surface area contributed by atoms with E-state index in [9.17, 15) is 68.5 Å². The van der Waals surface area contributed by atoms with E-state index in [0.29, 0.717) is 52.2 Å². The topological polar surface area (TPSA) is 439 Å². The van der Waals surface area contributed by atoms with E-state index in [-0.39, 0.29) is 65.6 Å². The van der Waals surface area contributed by atoms with Crippen LogP contribution in [0.2, 0.25) is 0 Å². The molecule has 0 bridgehead atoms. The molecule has 10 N–H and O–H groups in total. The molecule has 5 unspecified atom stereocenters. The number of hydrogen-bond acceptors (Lipinski definition) is 25. The number of aromatic amines is 1. The third-order valence-corrected chi connectivity index (χ3v) is 14.2. The van der Waals surface area contributed by atoms with Crippen molar-refractivity contribution >= 4 is 62.4 Å². The summed E-state index contributed by atoms with van der Waals surface area (Å²) in [5, 5.41) is 88.5. The average molecular weight is 1220 g/mol. The number of carbonyl (C=O) groups excluding carboxylic acids is 1. The molecule has 9 heterocycles. The maximum Gasteiger partial charge on any atom is 0.471 e. The number of aryl methyl sites for hydroxylation is 1. The molecule has 0 spiro atoms. The van der Waals surface area contributed by atoms with Crippen LogP contribution in [0.3, 0.4) is 0 Å². The number of benzene rings is 2. The molecule has 2 aromatic carbocycles. The Hall–Kier alpha value is -9.25. The minimum atomic E-state index is -5.03. The zero-order valence-electron chi connectivity index (χ0n) is 46.0. The van der Waals surface area contributed by atoms with Crippen molar-refractivity contribution < 1.29 is 72.7 Å². The predicted octanol–water partition coefficient (Wildman–Crippen LogP) is 2.20. The van der Waals surface area contributed by atoms with Crippen LogP contribution in [-0.4, -0.2) is 174 Å². The van der Waals surface area contributed by atoms with E-state index in [1.807, 2.05) is 13.0 Å². The number of ether oxygens (including phenoxy) is 3. The van der Waals surface area contributed by atoms with Crippen LogP contribution >= 0.6 is 0 Å². The molecule has 3 fully saturated rings. The summed E-state index contributed by atoms with van der Waals surface area (Å²) in [7, 11) is 0. The van der Waals surface area contributed by atoms with Gasteiger partial charge in [0.1, 0.15) is 49.7 Å². The zero-order chi connectivity index (χ0) is 62.4. The van der Waals surface area contributed by atoms with E-state index in [0.717, 1.165) is 5.56 Å². The van der Waals surface area contributed by atoms with Gasteiger partial charge < -0.3 is 65.8 Å². The normalized spacial score (nSPS) is 22.4. The molecule has 1 amide bonds. The lowest BCUT2D eigenvalue weighted by Gasteiger charge is -2.16. The van der Waals surface area contributed by atoms with Crippen LogP contribution in [0.15, 0.2) is 79.2 Å². The Bertz CT molecular complexity index is 3930. The van der Waals surface area contributed by atoms with Crippen LogP contribution < -0.4 is 21.5 Å². The van der Waals surface area contributed by atoms with Gasteiger partial charge in [-0.25, -0.2) is 39.9 Å². The van der Waals surface area contributed by atoms with E-state index >= 15 is 0 Å². The summed E-state index contributed by atoms with van der Waals surface area (Å²) in [6.45, 7) is 3.81. The molecule has 11 rings (SSSR count). The summed E-state index contributed by atoms with van der Waals surface area (Å²) in [6.07, 6.45) is -1.80. The molecular formula is C52H56F3N17O15. The molecule has 3 aliphatic rings. The lowest BCUT2D eigenvalue weighted by atomic mass is 10.0. The number of H-pyrrole nitrogens is 1. The Labute approximate surface area is 487 Å². The molecule has 11 atom stereocenters. The molecule has 0 aliphatic carbocycles. The molecule has 0 radical (unpaired) electrons. The highest BCUT2D eigenvalue weighted by molar-refractivity contribution is 5.84. The Kier molecular flexibility index (Phi) is 19.0.